The summed E-state index contributed by atoms with van der Waals surface area (Å²) >= 11 is 0. The lowest BCUT2D eigenvalue weighted by atomic mass is 9.75. The predicted molar refractivity (Wildman–Crippen MR) is 58.3 cm³/mol. The summed E-state index contributed by atoms with van der Waals surface area (Å²) in [6, 6.07) is 1.85. The fourth-order valence-electron chi connectivity index (χ4n) is 2.36. The lowest BCUT2D eigenvalue weighted by Gasteiger charge is -2.38. The molecule has 0 aliphatic heterocycles. The van der Waals surface area contributed by atoms with Crippen LogP contribution in [0, 0.1) is 6.92 Å². The summed E-state index contributed by atoms with van der Waals surface area (Å²) in [4.78, 5) is 4.00. The topological polar surface area (TPSA) is 38.9 Å². The molecular formula is C12H16F2N2. The first-order valence-electron chi connectivity index (χ1n) is 5.51. The Hall–Kier alpha value is -1.03. The van der Waals surface area contributed by atoms with Crippen LogP contribution in [0.15, 0.2) is 18.5 Å². The average molecular weight is 226 g/mol. The first-order valence-corrected chi connectivity index (χ1v) is 5.51. The van der Waals surface area contributed by atoms with Crippen molar-refractivity contribution >= 4 is 0 Å². The molecule has 88 valence electrons. The molecule has 0 unspecified atom stereocenters. The smallest absolute Gasteiger partial charge is 0.248 e. The van der Waals surface area contributed by atoms with E-state index in [4.69, 9.17) is 5.73 Å². The van der Waals surface area contributed by atoms with Crippen LogP contribution >= 0.6 is 0 Å². The van der Waals surface area contributed by atoms with E-state index in [0.29, 0.717) is 12.8 Å². The second-order valence-corrected chi connectivity index (χ2v) is 4.70. The predicted octanol–water partition coefficient (Wildman–Crippen LogP) is 2.75. The van der Waals surface area contributed by atoms with Gasteiger partial charge in [0.05, 0.1) is 0 Å². The molecule has 1 aromatic heterocycles. The maximum Gasteiger partial charge on any atom is 0.248 e. The van der Waals surface area contributed by atoms with Crippen molar-refractivity contribution in [2.75, 3.05) is 0 Å². The normalized spacial score (nSPS) is 23.0. The maximum absolute atomic E-state index is 13.1. The fraction of sp³-hybridized carbons (Fsp3) is 0.583. The number of halogens is 2. The van der Waals surface area contributed by atoms with E-state index in [9.17, 15) is 8.78 Å². The highest BCUT2D eigenvalue weighted by Crippen LogP contribution is 2.42. The van der Waals surface area contributed by atoms with Crippen LogP contribution in [0.2, 0.25) is 0 Å². The van der Waals surface area contributed by atoms with Crippen LogP contribution in [-0.4, -0.2) is 10.9 Å². The average Bonchev–Trinajstić information content (AvgIpc) is 2.24. The molecule has 0 aromatic carbocycles. The van der Waals surface area contributed by atoms with Gasteiger partial charge < -0.3 is 5.73 Å². The first kappa shape index (κ1) is 11.5. The Kier molecular flexibility index (Phi) is 2.70. The molecular weight excluding hydrogens is 210 g/mol. The van der Waals surface area contributed by atoms with Crippen molar-refractivity contribution in [1.82, 2.24) is 4.98 Å². The molecule has 1 aliphatic carbocycles. The Morgan fingerprint density at radius 3 is 2.44 bits per heavy atom. The van der Waals surface area contributed by atoms with E-state index in [1.54, 1.807) is 12.4 Å². The summed E-state index contributed by atoms with van der Waals surface area (Å²) in [5, 5.41) is 0. The van der Waals surface area contributed by atoms with Crippen LogP contribution in [0.5, 0.6) is 0 Å². The zero-order valence-corrected chi connectivity index (χ0v) is 9.34. The molecule has 1 heterocycles. The molecule has 2 rings (SSSR count). The van der Waals surface area contributed by atoms with E-state index in [2.05, 4.69) is 4.98 Å². The molecule has 0 atom stereocenters. The molecule has 1 saturated carbocycles. The minimum Gasteiger partial charge on any atom is -0.321 e. The van der Waals surface area contributed by atoms with Gasteiger partial charge in [-0.2, -0.15) is 0 Å². The van der Waals surface area contributed by atoms with Gasteiger partial charge in [-0.3, -0.25) is 4.98 Å². The van der Waals surface area contributed by atoms with Gasteiger partial charge in [0.2, 0.25) is 5.92 Å². The van der Waals surface area contributed by atoms with Crippen molar-refractivity contribution in [2.45, 2.75) is 44.1 Å². The standard InChI is InChI=1S/C12H16F2N2/c1-9-8-16-7-2-10(9)11(15)3-5-12(13,14)6-4-11/h2,7-8H,3-6,15H2,1H3. The number of aromatic nitrogens is 1. The molecule has 0 bridgehead atoms. The molecule has 1 aromatic rings. The zero-order chi connectivity index (χ0) is 11.8. The minimum absolute atomic E-state index is 0.120. The monoisotopic (exact) mass is 226 g/mol. The molecule has 2 N–H and O–H groups in total. The molecule has 0 radical (unpaired) electrons. The largest absolute Gasteiger partial charge is 0.321 e. The summed E-state index contributed by atoms with van der Waals surface area (Å²) in [7, 11) is 0. The zero-order valence-electron chi connectivity index (χ0n) is 9.34. The Bertz CT molecular complexity index is 380. The van der Waals surface area contributed by atoms with E-state index in [1.165, 1.54) is 0 Å². The quantitative estimate of drug-likeness (QED) is 0.799. The van der Waals surface area contributed by atoms with Crippen LogP contribution in [0.4, 0.5) is 8.78 Å². The van der Waals surface area contributed by atoms with Crippen molar-refractivity contribution in [2.24, 2.45) is 5.73 Å². The Labute approximate surface area is 93.9 Å². The number of alkyl halides is 2. The van der Waals surface area contributed by atoms with E-state index in [1.807, 2.05) is 13.0 Å². The van der Waals surface area contributed by atoms with Crippen molar-refractivity contribution in [3.8, 4) is 0 Å². The third-order valence-electron chi connectivity index (χ3n) is 3.43. The number of pyridine rings is 1. The van der Waals surface area contributed by atoms with Crippen LogP contribution in [-0.2, 0) is 5.54 Å². The number of nitrogens with two attached hydrogens (primary N) is 1. The Morgan fingerprint density at radius 2 is 1.88 bits per heavy atom. The van der Waals surface area contributed by atoms with Gasteiger partial charge >= 0.3 is 0 Å². The molecule has 1 fully saturated rings. The second-order valence-electron chi connectivity index (χ2n) is 4.70. The summed E-state index contributed by atoms with van der Waals surface area (Å²) in [5.41, 5.74) is 7.58. The Morgan fingerprint density at radius 1 is 1.25 bits per heavy atom. The van der Waals surface area contributed by atoms with E-state index in [0.717, 1.165) is 11.1 Å². The molecule has 0 spiro atoms. The van der Waals surface area contributed by atoms with E-state index < -0.39 is 11.5 Å². The highest BCUT2D eigenvalue weighted by molar-refractivity contribution is 5.30. The third-order valence-corrected chi connectivity index (χ3v) is 3.43. The van der Waals surface area contributed by atoms with Crippen LogP contribution in [0.25, 0.3) is 0 Å². The summed E-state index contributed by atoms with van der Waals surface area (Å²) < 4.78 is 26.2. The minimum atomic E-state index is -2.54. The number of rotatable bonds is 1. The molecule has 0 amide bonds. The van der Waals surface area contributed by atoms with Gasteiger partial charge in [-0.05, 0) is 37.0 Å². The number of hydrogen-bond acceptors (Lipinski definition) is 2. The summed E-state index contributed by atoms with van der Waals surface area (Å²) in [5.74, 6) is -2.54. The SMILES string of the molecule is Cc1cnccc1C1(N)CCC(F)(F)CC1. The highest BCUT2D eigenvalue weighted by Gasteiger charge is 2.42. The van der Waals surface area contributed by atoms with Crippen LogP contribution < -0.4 is 5.73 Å². The molecule has 0 saturated heterocycles. The van der Waals surface area contributed by atoms with Crippen LogP contribution in [0.1, 0.15) is 36.8 Å². The van der Waals surface area contributed by atoms with Crippen molar-refractivity contribution in [1.29, 1.82) is 0 Å². The lowest BCUT2D eigenvalue weighted by molar-refractivity contribution is -0.0514. The van der Waals surface area contributed by atoms with E-state index >= 15 is 0 Å². The van der Waals surface area contributed by atoms with Gasteiger partial charge in [0.25, 0.3) is 0 Å². The number of aryl methyl sites for hydroxylation is 1. The molecule has 1 aliphatic rings. The van der Waals surface area contributed by atoms with Gasteiger partial charge in [0.15, 0.2) is 0 Å². The number of hydrogen-bond donors (Lipinski definition) is 1. The lowest BCUT2D eigenvalue weighted by Crippen LogP contribution is -2.44. The van der Waals surface area contributed by atoms with Crippen molar-refractivity contribution in [3.63, 3.8) is 0 Å². The molecule has 2 nitrogen and oxygen atoms in total. The highest BCUT2D eigenvalue weighted by atomic mass is 19.3. The molecule has 16 heavy (non-hydrogen) atoms. The van der Waals surface area contributed by atoms with Gasteiger partial charge in [0, 0.05) is 30.8 Å². The second kappa shape index (κ2) is 3.77. The van der Waals surface area contributed by atoms with Gasteiger partial charge in [-0.15, -0.1) is 0 Å². The first-order chi connectivity index (χ1) is 7.43. The van der Waals surface area contributed by atoms with Crippen LogP contribution in [0.3, 0.4) is 0 Å². The maximum atomic E-state index is 13.1. The van der Waals surface area contributed by atoms with Gasteiger partial charge in [-0.25, -0.2) is 8.78 Å². The van der Waals surface area contributed by atoms with Crippen molar-refractivity contribution in [3.05, 3.63) is 29.6 Å². The van der Waals surface area contributed by atoms with Crippen molar-refractivity contribution < 1.29 is 8.78 Å². The number of nitrogens with zero attached hydrogens (tertiary/aromatic N) is 1. The Balaban J connectivity index is 2.25. The third kappa shape index (κ3) is 2.07. The van der Waals surface area contributed by atoms with E-state index in [-0.39, 0.29) is 12.8 Å². The van der Waals surface area contributed by atoms with Gasteiger partial charge in [-0.1, -0.05) is 0 Å². The van der Waals surface area contributed by atoms with Gasteiger partial charge in [0.1, 0.15) is 0 Å². The fourth-order valence-corrected chi connectivity index (χ4v) is 2.36. The molecule has 4 heteroatoms. The summed E-state index contributed by atoms with van der Waals surface area (Å²) in [6.45, 7) is 1.92. The summed E-state index contributed by atoms with van der Waals surface area (Å²) in [6.07, 6.45) is 3.84.